The maximum Gasteiger partial charge on any atom is 0.247 e. The molecule has 0 atom stereocenters. The first kappa shape index (κ1) is 19.6. The van der Waals surface area contributed by atoms with Crippen molar-refractivity contribution in [1.82, 2.24) is 9.21 Å². The second-order valence-corrected chi connectivity index (χ2v) is 8.78. The topological polar surface area (TPSA) is 57.7 Å². The number of nitrogens with zero attached hydrogens (tertiary/aromatic N) is 2. The summed E-state index contributed by atoms with van der Waals surface area (Å²) in [6.07, 6.45) is 1.48. The van der Waals surface area contributed by atoms with Crippen molar-refractivity contribution >= 4 is 27.7 Å². The molecular formula is C19H19FN2O3S2. The minimum Gasteiger partial charge on any atom is -0.336 e. The van der Waals surface area contributed by atoms with Crippen LogP contribution in [0.15, 0.2) is 75.9 Å². The molecule has 0 aliphatic carbocycles. The molecule has 1 saturated heterocycles. The first-order valence-electron chi connectivity index (χ1n) is 8.40. The Morgan fingerprint density at radius 3 is 2.26 bits per heavy atom. The smallest absolute Gasteiger partial charge is 0.247 e. The van der Waals surface area contributed by atoms with Gasteiger partial charge in [-0.05, 0) is 29.7 Å². The fourth-order valence-corrected chi connectivity index (χ4v) is 4.86. The molecule has 1 amide bonds. The molecule has 0 aromatic heterocycles. The first-order chi connectivity index (χ1) is 13.0. The molecule has 1 aliphatic rings. The number of carbonyl (C=O) groups is 1. The third kappa shape index (κ3) is 4.77. The summed E-state index contributed by atoms with van der Waals surface area (Å²) in [6, 6.07) is 15.0. The van der Waals surface area contributed by atoms with Gasteiger partial charge in [0, 0.05) is 37.2 Å². The minimum absolute atomic E-state index is 0.141. The lowest BCUT2D eigenvalue weighted by Gasteiger charge is -2.33. The van der Waals surface area contributed by atoms with Gasteiger partial charge in [-0.3, -0.25) is 4.79 Å². The summed E-state index contributed by atoms with van der Waals surface area (Å²) in [5, 5.41) is 1.72. The highest BCUT2D eigenvalue weighted by molar-refractivity contribution is 8.02. The van der Waals surface area contributed by atoms with E-state index in [-0.39, 0.29) is 37.0 Å². The minimum atomic E-state index is -3.90. The van der Waals surface area contributed by atoms with Crippen molar-refractivity contribution in [3.05, 3.63) is 71.9 Å². The van der Waals surface area contributed by atoms with Gasteiger partial charge in [-0.2, -0.15) is 4.31 Å². The van der Waals surface area contributed by atoms with E-state index < -0.39 is 15.8 Å². The van der Waals surface area contributed by atoms with Gasteiger partial charge in [0.25, 0.3) is 0 Å². The van der Waals surface area contributed by atoms with Crippen molar-refractivity contribution in [3.8, 4) is 0 Å². The molecule has 0 saturated carbocycles. The molecule has 27 heavy (non-hydrogen) atoms. The van der Waals surface area contributed by atoms with Crippen LogP contribution in [0, 0.1) is 5.82 Å². The van der Waals surface area contributed by atoms with E-state index in [2.05, 4.69) is 0 Å². The van der Waals surface area contributed by atoms with Gasteiger partial charge in [-0.15, -0.1) is 0 Å². The fraction of sp³-hybridized carbons (Fsp3) is 0.211. The van der Waals surface area contributed by atoms with Crippen LogP contribution in [0.3, 0.4) is 0 Å². The number of carbonyl (C=O) groups excluding carboxylic acids is 1. The average Bonchev–Trinajstić information content (AvgIpc) is 2.69. The molecule has 1 aliphatic heterocycles. The Kier molecular flexibility index (Phi) is 6.30. The van der Waals surface area contributed by atoms with Gasteiger partial charge in [0.1, 0.15) is 10.7 Å². The van der Waals surface area contributed by atoms with Gasteiger partial charge in [0.2, 0.25) is 15.9 Å². The molecule has 142 valence electrons. The molecule has 2 aromatic rings. The molecule has 3 rings (SSSR count). The molecular weight excluding hydrogens is 387 g/mol. The van der Waals surface area contributed by atoms with Crippen LogP contribution in [-0.2, 0) is 14.8 Å². The van der Waals surface area contributed by atoms with Crippen molar-refractivity contribution in [2.24, 2.45) is 0 Å². The largest absolute Gasteiger partial charge is 0.336 e. The SMILES string of the molecule is O=C(/C=C/Sc1ccccc1)N1CCN(S(=O)(=O)c2ccccc2F)CC1. The Labute approximate surface area is 162 Å². The Bertz CT molecular complexity index is 925. The van der Waals surface area contributed by atoms with E-state index in [9.17, 15) is 17.6 Å². The number of amides is 1. The molecule has 8 heteroatoms. The highest BCUT2D eigenvalue weighted by Crippen LogP contribution is 2.21. The van der Waals surface area contributed by atoms with Crippen LogP contribution in [-0.4, -0.2) is 49.7 Å². The van der Waals surface area contributed by atoms with Crippen LogP contribution in [0.2, 0.25) is 0 Å². The van der Waals surface area contributed by atoms with Crippen molar-refractivity contribution in [2.45, 2.75) is 9.79 Å². The highest BCUT2D eigenvalue weighted by Gasteiger charge is 2.31. The number of sulfonamides is 1. The summed E-state index contributed by atoms with van der Waals surface area (Å²) >= 11 is 1.44. The maximum atomic E-state index is 13.8. The van der Waals surface area contributed by atoms with E-state index >= 15 is 0 Å². The van der Waals surface area contributed by atoms with Crippen LogP contribution < -0.4 is 0 Å². The number of benzene rings is 2. The van der Waals surface area contributed by atoms with Gasteiger partial charge in [-0.25, -0.2) is 12.8 Å². The predicted octanol–water partition coefficient (Wildman–Crippen LogP) is 2.96. The Morgan fingerprint density at radius 2 is 1.59 bits per heavy atom. The summed E-state index contributed by atoms with van der Waals surface area (Å²) < 4.78 is 40.2. The molecule has 2 aromatic carbocycles. The zero-order valence-electron chi connectivity index (χ0n) is 14.5. The van der Waals surface area contributed by atoms with Crippen molar-refractivity contribution in [2.75, 3.05) is 26.2 Å². The van der Waals surface area contributed by atoms with Crippen LogP contribution >= 0.6 is 11.8 Å². The Hall–Kier alpha value is -2.16. The average molecular weight is 407 g/mol. The van der Waals surface area contributed by atoms with Crippen molar-refractivity contribution < 1.29 is 17.6 Å². The van der Waals surface area contributed by atoms with Crippen molar-refractivity contribution in [1.29, 1.82) is 0 Å². The van der Waals surface area contributed by atoms with Gasteiger partial charge in [0.05, 0.1) is 0 Å². The van der Waals surface area contributed by atoms with E-state index in [4.69, 9.17) is 0 Å². The zero-order chi connectivity index (χ0) is 19.3. The molecule has 0 radical (unpaired) electrons. The third-order valence-corrected chi connectivity index (χ3v) is 6.91. The van der Waals surface area contributed by atoms with E-state index in [1.807, 2.05) is 30.3 Å². The Balaban J connectivity index is 1.57. The van der Waals surface area contributed by atoms with E-state index in [0.29, 0.717) is 0 Å². The molecule has 5 nitrogen and oxygen atoms in total. The molecule has 0 spiro atoms. The maximum absolute atomic E-state index is 13.8. The molecule has 0 unspecified atom stereocenters. The summed E-state index contributed by atoms with van der Waals surface area (Å²) in [6.45, 7) is 0.823. The molecule has 0 N–H and O–H groups in total. The second kappa shape index (κ2) is 8.69. The monoisotopic (exact) mass is 406 g/mol. The van der Waals surface area contributed by atoms with Crippen LogP contribution in [0.1, 0.15) is 0 Å². The highest BCUT2D eigenvalue weighted by atomic mass is 32.2. The number of hydrogen-bond donors (Lipinski definition) is 0. The quantitative estimate of drug-likeness (QED) is 0.566. The number of rotatable bonds is 5. The van der Waals surface area contributed by atoms with E-state index in [1.165, 1.54) is 40.3 Å². The van der Waals surface area contributed by atoms with Crippen molar-refractivity contribution in [3.63, 3.8) is 0 Å². The molecule has 1 fully saturated rings. The van der Waals surface area contributed by atoms with E-state index in [1.54, 1.807) is 10.3 Å². The van der Waals surface area contributed by atoms with E-state index in [0.717, 1.165) is 11.0 Å². The molecule has 1 heterocycles. The van der Waals surface area contributed by atoms with Gasteiger partial charge >= 0.3 is 0 Å². The summed E-state index contributed by atoms with van der Waals surface area (Å²) in [5.74, 6) is -0.932. The summed E-state index contributed by atoms with van der Waals surface area (Å²) in [4.78, 5) is 14.6. The lowest BCUT2D eigenvalue weighted by atomic mass is 10.3. The van der Waals surface area contributed by atoms with Gasteiger partial charge < -0.3 is 4.90 Å². The fourth-order valence-electron chi connectivity index (χ4n) is 2.72. The molecule has 0 bridgehead atoms. The van der Waals surface area contributed by atoms with Crippen LogP contribution in [0.4, 0.5) is 4.39 Å². The van der Waals surface area contributed by atoms with Crippen LogP contribution in [0.5, 0.6) is 0 Å². The number of hydrogen-bond acceptors (Lipinski definition) is 4. The van der Waals surface area contributed by atoms with Gasteiger partial charge in [0.15, 0.2) is 0 Å². The van der Waals surface area contributed by atoms with Gasteiger partial charge in [-0.1, -0.05) is 42.1 Å². The lowest BCUT2D eigenvalue weighted by molar-refractivity contribution is -0.127. The van der Waals surface area contributed by atoms with Crippen LogP contribution in [0.25, 0.3) is 0 Å². The third-order valence-electron chi connectivity index (χ3n) is 4.16. The lowest BCUT2D eigenvalue weighted by Crippen LogP contribution is -2.50. The predicted molar refractivity (Wildman–Crippen MR) is 103 cm³/mol. The number of halogens is 1. The number of piperazine rings is 1. The zero-order valence-corrected chi connectivity index (χ0v) is 16.1. The normalized spacial score (nSPS) is 16.0. The summed E-state index contributed by atoms with van der Waals surface area (Å²) in [7, 11) is -3.90. The first-order valence-corrected chi connectivity index (χ1v) is 10.7. The number of thioether (sulfide) groups is 1. The standard InChI is InChI=1S/C19H19FN2O3S2/c20-17-8-4-5-9-18(17)27(24,25)22-13-11-21(12-14-22)19(23)10-15-26-16-6-2-1-3-7-16/h1-10,15H,11-14H2/b15-10+. The Morgan fingerprint density at radius 1 is 0.963 bits per heavy atom. The summed E-state index contributed by atoms with van der Waals surface area (Å²) in [5.41, 5.74) is 0. The second-order valence-electron chi connectivity index (χ2n) is 5.89.